The highest BCUT2D eigenvalue weighted by Crippen LogP contribution is 2.06. The zero-order chi connectivity index (χ0) is 12.1. The van der Waals surface area contributed by atoms with Crippen LogP contribution in [0.5, 0.6) is 0 Å². The molecule has 0 fully saturated rings. The molecule has 0 unspecified atom stereocenters. The lowest BCUT2D eigenvalue weighted by Crippen LogP contribution is -2.24. The summed E-state index contributed by atoms with van der Waals surface area (Å²) in [5.41, 5.74) is 0.995. The van der Waals surface area contributed by atoms with Gasteiger partial charge in [0.1, 0.15) is 11.6 Å². The zero-order valence-corrected chi connectivity index (χ0v) is 10.2. The van der Waals surface area contributed by atoms with E-state index in [-0.39, 0.29) is 11.1 Å². The summed E-state index contributed by atoms with van der Waals surface area (Å²) in [6, 6.07) is 5.35. The molecule has 0 aliphatic rings. The topological polar surface area (TPSA) is 45.8 Å². The van der Waals surface area contributed by atoms with Crippen LogP contribution in [0.15, 0.2) is 16.9 Å². The minimum absolute atomic E-state index is 0.161. The first kappa shape index (κ1) is 12.5. The van der Waals surface area contributed by atoms with Gasteiger partial charge in [0, 0.05) is 12.2 Å². The summed E-state index contributed by atoms with van der Waals surface area (Å²) >= 11 is 0. The predicted octanol–water partition coefficient (Wildman–Crippen LogP) is 2.46. The number of nitrogens with zero attached hydrogens (tertiary/aromatic N) is 2. The van der Waals surface area contributed by atoms with Gasteiger partial charge in [0.2, 0.25) is 0 Å². The van der Waals surface area contributed by atoms with Crippen molar-refractivity contribution in [2.45, 2.75) is 40.2 Å². The SMILES string of the molecule is Cc1ccc(C#N)c(=O)n1CCCC(C)C. The molecule has 0 saturated heterocycles. The Morgan fingerprint density at radius 1 is 1.44 bits per heavy atom. The van der Waals surface area contributed by atoms with E-state index in [9.17, 15) is 4.79 Å². The quantitative estimate of drug-likeness (QED) is 0.779. The van der Waals surface area contributed by atoms with Crippen LogP contribution in [0.2, 0.25) is 0 Å². The van der Waals surface area contributed by atoms with Crippen LogP contribution in [-0.4, -0.2) is 4.57 Å². The molecule has 0 bridgehead atoms. The summed E-state index contributed by atoms with van der Waals surface area (Å²) in [6.07, 6.45) is 2.08. The number of hydrogen-bond acceptors (Lipinski definition) is 2. The van der Waals surface area contributed by atoms with Gasteiger partial charge in [-0.05, 0) is 37.8 Å². The van der Waals surface area contributed by atoms with Crippen molar-refractivity contribution in [1.82, 2.24) is 4.57 Å². The van der Waals surface area contributed by atoms with Gasteiger partial charge in [-0.3, -0.25) is 4.79 Å². The highest BCUT2D eigenvalue weighted by atomic mass is 16.1. The van der Waals surface area contributed by atoms with Crippen molar-refractivity contribution in [1.29, 1.82) is 5.26 Å². The number of hydrogen-bond donors (Lipinski definition) is 0. The molecular weight excluding hydrogens is 200 g/mol. The molecule has 3 heteroatoms. The third kappa shape index (κ3) is 2.96. The van der Waals surface area contributed by atoms with Crippen molar-refractivity contribution in [2.75, 3.05) is 0 Å². The molecule has 0 aromatic carbocycles. The van der Waals surface area contributed by atoms with E-state index in [1.165, 1.54) is 0 Å². The van der Waals surface area contributed by atoms with Gasteiger partial charge in [-0.25, -0.2) is 0 Å². The van der Waals surface area contributed by atoms with E-state index < -0.39 is 0 Å². The fourth-order valence-corrected chi connectivity index (χ4v) is 1.69. The molecule has 16 heavy (non-hydrogen) atoms. The van der Waals surface area contributed by atoms with E-state index in [2.05, 4.69) is 13.8 Å². The smallest absolute Gasteiger partial charge is 0.268 e. The molecule has 1 aromatic rings. The van der Waals surface area contributed by atoms with Gasteiger partial charge in [0.15, 0.2) is 0 Å². The predicted molar refractivity (Wildman–Crippen MR) is 64.2 cm³/mol. The van der Waals surface area contributed by atoms with Crippen LogP contribution in [0.1, 0.15) is 37.9 Å². The van der Waals surface area contributed by atoms with Crippen LogP contribution in [-0.2, 0) is 6.54 Å². The summed E-state index contributed by atoms with van der Waals surface area (Å²) in [5, 5.41) is 8.78. The van der Waals surface area contributed by atoms with Gasteiger partial charge in [-0.15, -0.1) is 0 Å². The number of rotatable bonds is 4. The Kier molecular flexibility index (Phi) is 4.30. The lowest BCUT2D eigenvalue weighted by molar-refractivity contribution is 0.501. The monoisotopic (exact) mass is 218 g/mol. The van der Waals surface area contributed by atoms with Gasteiger partial charge >= 0.3 is 0 Å². The van der Waals surface area contributed by atoms with Gasteiger partial charge < -0.3 is 4.57 Å². The maximum atomic E-state index is 11.8. The highest BCUT2D eigenvalue weighted by Gasteiger charge is 2.05. The highest BCUT2D eigenvalue weighted by molar-refractivity contribution is 5.27. The minimum atomic E-state index is -0.161. The normalized spacial score (nSPS) is 10.4. The Balaban J connectivity index is 2.87. The van der Waals surface area contributed by atoms with E-state index in [0.717, 1.165) is 18.5 Å². The van der Waals surface area contributed by atoms with E-state index in [1.54, 1.807) is 10.6 Å². The summed E-state index contributed by atoms with van der Waals surface area (Å²) in [4.78, 5) is 11.8. The third-order valence-corrected chi connectivity index (χ3v) is 2.68. The average molecular weight is 218 g/mol. The first-order valence-corrected chi connectivity index (χ1v) is 5.66. The summed E-state index contributed by atoms with van der Waals surface area (Å²) in [6.45, 7) is 6.94. The molecule has 0 radical (unpaired) electrons. The van der Waals surface area contributed by atoms with E-state index in [1.807, 2.05) is 19.1 Å². The Morgan fingerprint density at radius 3 is 2.69 bits per heavy atom. The van der Waals surface area contributed by atoms with Crippen LogP contribution < -0.4 is 5.56 Å². The fraction of sp³-hybridized carbons (Fsp3) is 0.538. The molecule has 1 heterocycles. The second kappa shape index (κ2) is 5.50. The van der Waals surface area contributed by atoms with Gasteiger partial charge in [0.25, 0.3) is 5.56 Å². The van der Waals surface area contributed by atoms with Crippen molar-refractivity contribution in [2.24, 2.45) is 5.92 Å². The largest absolute Gasteiger partial charge is 0.312 e. The molecule has 0 amide bonds. The zero-order valence-electron chi connectivity index (χ0n) is 10.2. The molecule has 1 rings (SSSR count). The lowest BCUT2D eigenvalue weighted by atomic mass is 10.1. The van der Waals surface area contributed by atoms with Crippen molar-refractivity contribution in [3.63, 3.8) is 0 Å². The first-order valence-electron chi connectivity index (χ1n) is 5.66. The van der Waals surface area contributed by atoms with Gasteiger partial charge in [-0.2, -0.15) is 5.26 Å². The molecule has 0 aliphatic carbocycles. The minimum Gasteiger partial charge on any atom is -0.312 e. The number of aromatic nitrogens is 1. The Morgan fingerprint density at radius 2 is 2.12 bits per heavy atom. The Labute approximate surface area is 96.3 Å². The second-order valence-electron chi connectivity index (χ2n) is 4.49. The first-order chi connectivity index (χ1) is 7.56. The average Bonchev–Trinajstić information content (AvgIpc) is 2.23. The summed E-state index contributed by atoms with van der Waals surface area (Å²) in [7, 11) is 0. The van der Waals surface area contributed by atoms with E-state index in [4.69, 9.17) is 5.26 Å². The molecule has 0 saturated carbocycles. The van der Waals surface area contributed by atoms with Gasteiger partial charge in [-0.1, -0.05) is 13.8 Å². The van der Waals surface area contributed by atoms with Gasteiger partial charge in [0.05, 0.1) is 0 Å². The second-order valence-corrected chi connectivity index (χ2v) is 4.49. The Hall–Kier alpha value is -1.56. The molecule has 86 valence electrons. The molecule has 3 nitrogen and oxygen atoms in total. The summed E-state index contributed by atoms with van der Waals surface area (Å²) < 4.78 is 1.70. The molecule has 0 aliphatic heterocycles. The van der Waals surface area contributed by atoms with Crippen LogP contribution in [0.4, 0.5) is 0 Å². The van der Waals surface area contributed by atoms with Crippen LogP contribution in [0.25, 0.3) is 0 Å². The van der Waals surface area contributed by atoms with Crippen molar-refractivity contribution >= 4 is 0 Å². The van der Waals surface area contributed by atoms with Crippen molar-refractivity contribution < 1.29 is 0 Å². The molecule has 0 N–H and O–H groups in total. The van der Waals surface area contributed by atoms with E-state index >= 15 is 0 Å². The molecular formula is C13H18N2O. The Bertz CT molecular complexity index is 452. The maximum absolute atomic E-state index is 11.8. The van der Waals surface area contributed by atoms with Crippen molar-refractivity contribution in [3.8, 4) is 6.07 Å². The van der Waals surface area contributed by atoms with Crippen LogP contribution in [0.3, 0.4) is 0 Å². The summed E-state index contributed by atoms with van der Waals surface area (Å²) in [5.74, 6) is 0.648. The lowest BCUT2D eigenvalue weighted by Gasteiger charge is -2.10. The molecule has 0 atom stereocenters. The molecule has 1 aromatic heterocycles. The van der Waals surface area contributed by atoms with Crippen LogP contribution in [0, 0.1) is 24.2 Å². The number of aryl methyl sites for hydroxylation is 1. The van der Waals surface area contributed by atoms with Crippen LogP contribution >= 0.6 is 0 Å². The fourth-order valence-electron chi connectivity index (χ4n) is 1.69. The maximum Gasteiger partial charge on any atom is 0.268 e. The van der Waals surface area contributed by atoms with Crippen molar-refractivity contribution in [3.05, 3.63) is 33.7 Å². The number of pyridine rings is 1. The van der Waals surface area contributed by atoms with E-state index in [0.29, 0.717) is 12.5 Å². The molecule has 0 spiro atoms. The standard InChI is InChI=1S/C13H18N2O/c1-10(2)5-4-8-15-11(3)6-7-12(9-14)13(15)16/h6-7,10H,4-5,8H2,1-3H3. The third-order valence-electron chi connectivity index (χ3n) is 2.68. The number of nitriles is 1.